The minimum absolute atomic E-state index is 0.0318. The molecule has 1 heterocycles. The number of rotatable bonds is 2. The summed E-state index contributed by atoms with van der Waals surface area (Å²) in [6, 6.07) is 5.53. The van der Waals surface area contributed by atoms with Crippen LogP contribution in [0.1, 0.15) is 40.7 Å². The van der Waals surface area contributed by atoms with Crippen molar-refractivity contribution in [2.45, 2.75) is 32.8 Å². The lowest BCUT2D eigenvalue weighted by atomic mass is 10.0. The van der Waals surface area contributed by atoms with Gasteiger partial charge >= 0.3 is 0 Å². The smallest absolute Gasteiger partial charge is 0.253 e. The van der Waals surface area contributed by atoms with Crippen LogP contribution in [0.3, 0.4) is 0 Å². The van der Waals surface area contributed by atoms with Crippen LogP contribution >= 0.6 is 0 Å². The summed E-state index contributed by atoms with van der Waals surface area (Å²) in [5.74, 6) is 0.122. The van der Waals surface area contributed by atoms with Crippen LogP contribution in [-0.2, 0) is 6.61 Å². The molecule has 1 saturated heterocycles. The summed E-state index contributed by atoms with van der Waals surface area (Å²) < 4.78 is 0. The number of nitrogens with zero attached hydrogens (tertiary/aromatic N) is 1. The zero-order valence-electron chi connectivity index (χ0n) is 10.3. The van der Waals surface area contributed by atoms with Gasteiger partial charge in [-0.2, -0.15) is 0 Å². The molecule has 0 saturated carbocycles. The van der Waals surface area contributed by atoms with Crippen molar-refractivity contribution in [3.8, 4) is 0 Å². The van der Waals surface area contributed by atoms with Crippen molar-refractivity contribution >= 4 is 5.91 Å². The largest absolute Gasteiger partial charge is 0.392 e. The molecule has 0 radical (unpaired) electrons. The van der Waals surface area contributed by atoms with Gasteiger partial charge in [-0.25, -0.2) is 0 Å². The molecule has 3 nitrogen and oxygen atoms in total. The van der Waals surface area contributed by atoms with Gasteiger partial charge in [0.1, 0.15) is 0 Å². The molecule has 0 aromatic heterocycles. The highest BCUT2D eigenvalue weighted by atomic mass is 16.3. The fourth-order valence-electron chi connectivity index (χ4n) is 2.29. The van der Waals surface area contributed by atoms with E-state index >= 15 is 0 Å². The van der Waals surface area contributed by atoms with E-state index < -0.39 is 0 Å². The lowest BCUT2D eigenvalue weighted by molar-refractivity contribution is 0.0724. The van der Waals surface area contributed by atoms with Gasteiger partial charge in [0.05, 0.1) is 6.61 Å². The number of benzene rings is 1. The first kappa shape index (κ1) is 12.1. The molecule has 3 heteroatoms. The van der Waals surface area contributed by atoms with E-state index in [2.05, 4.69) is 0 Å². The number of likely N-dealkylation sites (tertiary alicyclic amines) is 1. The lowest BCUT2D eigenvalue weighted by Crippen LogP contribution is -2.35. The number of aliphatic hydroxyl groups is 1. The van der Waals surface area contributed by atoms with Gasteiger partial charge in [-0.1, -0.05) is 6.07 Å². The molecule has 1 aliphatic rings. The van der Waals surface area contributed by atoms with E-state index in [1.807, 2.05) is 30.0 Å². The lowest BCUT2D eigenvalue weighted by Gasteiger charge is -2.27. The number of hydrogen-bond acceptors (Lipinski definition) is 2. The highest BCUT2D eigenvalue weighted by Gasteiger charge is 2.18. The molecule has 1 fully saturated rings. The van der Waals surface area contributed by atoms with Crippen LogP contribution in [0.4, 0.5) is 0 Å². The quantitative estimate of drug-likeness (QED) is 0.850. The van der Waals surface area contributed by atoms with Crippen molar-refractivity contribution in [1.82, 2.24) is 4.90 Å². The predicted octanol–water partition coefficient (Wildman–Crippen LogP) is 2.11. The van der Waals surface area contributed by atoms with Crippen LogP contribution in [-0.4, -0.2) is 29.0 Å². The molecule has 17 heavy (non-hydrogen) atoms. The Hall–Kier alpha value is -1.35. The molecular formula is C14H19NO2. The summed E-state index contributed by atoms with van der Waals surface area (Å²) in [6.07, 6.45) is 3.45. The monoisotopic (exact) mass is 233 g/mol. The van der Waals surface area contributed by atoms with Gasteiger partial charge in [-0.05, 0) is 49.4 Å². The average molecular weight is 233 g/mol. The van der Waals surface area contributed by atoms with Gasteiger partial charge in [0.25, 0.3) is 5.91 Å². The number of carbonyl (C=O) groups is 1. The highest BCUT2D eigenvalue weighted by Crippen LogP contribution is 2.16. The normalized spacial score (nSPS) is 16.0. The van der Waals surface area contributed by atoms with E-state index in [0.29, 0.717) is 0 Å². The third kappa shape index (κ3) is 2.67. The molecule has 0 atom stereocenters. The molecule has 1 N–H and O–H groups in total. The zero-order chi connectivity index (χ0) is 12.3. The van der Waals surface area contributed by atoms with E-state index in [1.165, 1.54) is 6.42 Å². The number of amides is 1. The number of hydrogen-bond donors (Lipinski definition) is 1. The second kappa shape index (κ2) is 5.32. The van der Waals surface area contributed by atoms with Gasteiger partial charge in [0.2, 0.25) is 0 Å². The molecule has 1 aromatic carbocycles. The molecule has 92 valence electrons. The Balaban J connectivity index is 2.16. The van der Waals surface area contributed by atoms with Crippen LogP contribution in [0, 0.1) is 6.92 Å². The van der Waals surface area contributed by atoms with Crippen molar-refractivity contribution < 1.29 is 9.90 Å². The molecule has 0 spiro atoms. The van der Waals surface area contributed by atoms with Crippen LogP contribution in [0.5, 0.6) is 0 Å². The summed E-state index contributed by atoms with van der Waals surface area (Å²) in [7, 11) is 0. The molecule has 1 aromatic rings. The molecule has 0 unspecified atom stereocenters. The van der Waals surface area contributed by atoms with Crippen LogP contribution in [0.25, 0.3) is 0 Å². The molecule has 1 amide bonds. The fourth-order valence-corrected chi connectivity index (χ4v) is 2.29. The van der Waals surface area contributed by atoms with E-state index in [1.54, 1.807) is 0 Å². The van der Waals surface area contributed by atoms with Crippen LogP contribution in [0.15, 0.2) is 18.2 Å². The predicted molar refractivity (Wildman–Crippen MR) is 66.9 cm³/mol. The van der Waals surface area contributed by atoms with Gasteiger partial charge in [-0.15, -0.1) is 0 Å². The summed E-state index contributed by atoms with van der Waals surface area (Å²) in [5.41, 5.74) is 2.61. The van der Waals surface area contributed by atoms with E-state index in [-0.39, 0.29) is 12.5 Å². The Bertz CT molecular complexity index is 409. The van der Waals surface area contributed by atoms with Gasteiger partial charge in [0, 0.05) is 18.7 Å². The van der Waals surface area contributed by atoms with Crippen LogP contribution in [0.2, 0.25) is 0 Å². The van der Waals surface area contributed by atoms with Crippen molar-refractivity contribution in [3.05, 3.63) is 34.9 Å². The van der Waals surface area contributed by atoms with Crippen molar-refractivity contribution in [1.29, 1.82) is 0 Å². The first-order valence-electron chi connectivity index (χ1n) is 6.22. The minimum atomic E-state index is 0.0318. The van der Waals surface area contributed by atoms with Crippen molar-refractivity contribution in [2.75, 3.05) is 13.1 Å². The summed E-state index contributed by atoms with van der Waals surface area (Å²) in [4.78, 5) is 14.1. The van der Waals surface area contributed by atoms with Crippen molar-refractivity contribution in [3.63, 3.8) is 0 Å². The maximum atomic E-state index is 12.2. The van der Waals surface area contributed by atoms with E-state index in [0.717, 1.165) is 42.6 Å². The van der Waals surface area contributed by atoms with Gasteiger partial charge < -0.3 is 10.0 Å². The highest BCUT2D eigenvalue weighted by molar-refractivity contribution is 5.94. The standard InChI is InChI=1S/C14H19NO2/c1-11-9-12(5-6-13(11)10-16)14(17)15-7-3-2-4-8-15/h5-6,9,16H,2-4,7-8,10H2,1H3. The number of piperidine rings is 1. The first-order valence-corrected chi connectivity index (χ1v) is 6.22. The molecule has 0 bridgehead atoms. The Morgan fingerprint density at radius 3 is 2.59 bits per heavy atom. The van der Waals surface area contributed by atoms with Gasteiger partial charge in [0.15, 0.2) is 0 Å². The first-order chi connectivity index (χ1) is 8.22. The summed E-state index contributed by atoms with van der Waals surface area (Å²) in [5, 5.41) is 9.10. The van der Waals surface area contributed by atoms with Gasteiger partial charge in [-0.3, -0.25) is 4.79 Å². The third-order valence-electron chi connectivity index (χ3n) is 3.40. The molecule has 1 aliphatic heterocycles. The minimum Gasteiger partial charge on any atom is -0.392 e. The average Bonchev–Trinajstić information content (AvgIpc) is 2.39. The SMILES string of the molecule is Cc1cc(C(=O)N2CCCCC2)ccc1CO. The summed E-state index contributed by atoms with van der Waals surface area (Å²) in [6.45, 7) is 3.71. The number of aliphatic hydroxyl groups excluding tert-OH is 1. The Kier molecular flexibility index (Phi) is 3.79. The zero-order valence-corrected chi connectivity index (χ0v) is 10.3. The molecular weight excluding hydrogens is 214 g/mol. The Morgan fingerprint density at radius 2 is 2.00 bits per heavy atom. The van der Waals surface area contributed by atoms with E-state index in [4.69, 9.17) is 5.11 Å². The second-order valence-corrected chi connectivity index (χ2v) is 4.65. The topological polar surface area (TPSA) is 40.5 Å². The van der Waals surface area contributed by atoms with Crippen molar-refractivity contribution in [2.24, 2.45) is 0 Å². The number of carbonyl (C=O) groups excluding carboxylic acids is 1. The van der Waals surface area contributed by atoms with E-state index in [9.17, 15) is 4.79 Å². The number of aryl methyl sites for hydroxylation is 1. The maximum Gasteiger partial charge on any atom is 0.253 e. The molecule has 0 aliphatic carbocycles. The maximum absolute atomic E-state index is 12.2. The third-order valence-corrected chi connectivity index (χ3v) is 3.40. The Labute approximate surface area is 102 Å². The Morgan fingerprint density at radius 1 is 1.29 bits per heavy atom. The molecule has 2 rings (SSSR count). The van der Waals surface area contributed by atoms with Crippen LogP contribution < -0.4 is 0 Å². The fraction of sp³-hybridized carbons (Fsp3) is 0.500. The summed E-state index contributed by atoms with van der Waals surface area (Å²) >= 11 is 0. The second-order valence-electron chi connectivity index (χ2n) is 4.65.